The van der Waals surface area contributed by atoms with Crippen molar-refractivity contribution in [2.75, 3.05) is 18.4 Å². The second-order valence-electron chi connectivity index (χ2n) is 7.92. The van der Waals surface area contributed by atoms with Gasteiger partial charge in [0.1, 0.15) is 5.52 Å². The number of anilines is 1. The molecule has 0 aliphatic carbocycles. The number of hydrogen-bond donors (Lipinski definition) is 2. The molecule has 2 N–H and O–H groups in total. The van der Waals surface area contributed by atoms with Crippen molar-refractivity contribution in [1.29, 1.82) is 0 Å². The lowest BCUT2D eigenvalue weighted by Crippen LogP contribution is -2.37. The normalized spacial score (nSPS) is 20.9. The minimum Gasteiger partial charge on any atom is -0.481 e. The third-order valence-electron chi connectivity index (χ3n) is 4.56. The fraction of sp³-hybridized carbons (Fsp3) is 0.500. The first-order chi connectivity index (χ1) is 11.6. The van der Waals surface area contributed by atoms with Gasteiger partial charge >= 0.3 is 12.0 Å². The molecule has 1 saturated heterocycles. The van der Waals surface area contributed by atoms with Gasteiger partial charge in [-0.1, -0.05) is 20.8 Å². The van der Waals surface area contributed by atoms with Gasteiger partial charge in [0.25, 0.3) is 0 Å². The van der Waals surface area contributed by atoms with Crippen molar-refractivity contribution >= 4 is 28.8 Å². The molecule has 1 aromatic heterocycles. The van der Waals surface area contributed by atoms with E-state index >= 15 is 0 Å². The molecule has 1 fully saturated rings. The first kappa shape index (κ1) is 17.3. The van der Waals surface area contributed by atoms with Crippen LogP contribution in [0.1, 0.15) is 40.0 Å². The van der Waals surface area contributed by atoms with Crippen molar-refractivity contribution in [2.24, 2.45) is 5.41 Å². The molecular formula is C18H23N3O4. The third kappa shape index (κ3) is 3.31. The van der Waals surface area contributed by atoms with E-state index in [2.05, 4.69) is 10.3 Å². The van der Waals surface area contributed by atoms with Crippen LogP contribution in [0.15, 0.2) is 22.6 Å². The Morgan fingerprint density at radius 1 is 1.36 bits per heavy atom. The molecular weight excluding hydrogens is 322 g/mol. The van der Waals surface area contributed by atoms with E-state index in [1.54, 1.807) is 25.1 Å². The number of carbonyl (C=O) groups is 2. The molecule has 1 unspecified atom stereocenters. The lowest BCUT2D eigenvalue weighted by molar-refractivity contribution is -0.146. The largest absolute Gasteiger partial charge is 0.481 e. The van der Waals surface area contributed by atoms with Gasteiger partial charge in [0.2, 0.25) is 5.89 Å². The van der Waals surface area contributed by atoms with Gasteiger partial charge in [0, 0.05) is 24.2 Å². The standard InChI is InChI=1S/C18H23N3O4/c1-17(2,3)14-20-12-9-11(5-6-13(12)25-14)19-16(24)21-8-7-18(4,10-21)15(22)23/h5-6,9H,7-8,10H2,1-4H3,(H,19,24)(H,22,23). The van der Waals surface area contributed by atoms with Crippen LogP contribution in [0.5, 0.6) is 0 Å². The highest BCUT2D eigenvalue weighted by atomic mass is 16.4. The van der Waals surface area contributed by atoms with Gasteiger partial charge in [-0.15, -0.1) is 0 Å². The number of nitrogens with one attached hydrogen (secondary N) is 1. The molecule has 1 atom stereocenters. The van der Waals surface area contributed by atoms with Crippen LogP contribution in [0.3, 0.4) is 0 Å². The van der Waals surface area contributed by atoms with Crippen molar-refractivity contribution in [3.8, 4) is 0 Å². The molecule has 2 aromatic rings. The summed E-state index contributed by atoms with van der Waals surface area (Å²) in [5, 5.41) is 12.1. The van der Waals surface area contributed by atoms with Crippen molar-refractivity contribution in [3.63, 3.8) is 0 Å². The maximum absolute atomic E-state index is 12.4. The van der Waals surface area contributed by atoms with E-state index in [-0.39, 0.29) is 18.0 Å². The van der Waals surface area contributed by atoms with Crippen LogP contribution in [0.2, 0.25) is 0 Å². The molecule has 0 spiro atoms. The molecule has 7 nitrogen and oxygen atoms in total. The Hall–Kier alpha value is -2.57. The van der Waals surface area contributed by atoms with E-state index in [0.29, 0.717) is 35.6 Å². The summed E-state index contributed by atoms with van der Waals surface area (Å²) in [4.78, 5) is 29.7. The number of aromatic nitrogens is 1. The average molecular weight is 345 g/mol. The highest BCUT2D eigenvalue weighted by molar-refractivity contribution is 5.92. The van der Waals surface area contributed by atoms with Gasteiger partial charge in [0.15, 0.2) is 5.58 Å². The predicted molar refractivity (Wildman–Crippen MR) is 93.7 cm³/mol. The maximum Gasteiger partial charge on any atom is 0.321 e. The molecule has 7 heteroatoms. The van der Waals surface area contributed by atoms with Crippen molar-refractivity contribution in [2.45, 2.75) is 39.5 Å². The summed E-state index contributed by atoms with van der Waals surface area (Å²) in [7, 11) is 0. The smallest absolute Gasteiger partial charge is 0.321 e. The first-order valence-electron chi connectivity index (χ1n) is 8.29. The van der Waals surface area contributed by atoms with Gasteiger partial charge in [-0.25, -0.2) is 9.78 Å². The van der Waals surface area contributed by atoms with Crippen molar-refractivity contribution in [3.05, 3.63) is 24.1 Å². The number of carbonyl (C=O) groups excluding carboxylic acids is 1. The fourth-order valence-electron chi connectivity index (χ4n) is 2.84. The molecule has 3 rings (SSSR count). The second-order valence-corrected chi connectivity index (χ2v) is 7.92. The SMILES string of the molecule is CC1(C(=O)O)CCN(C(=O)Nc2ccc3oc(C(C)(C)C)nc3c2)C1. The second kappa shape index (κ2) is 5.75. The summed E-state index contributed by atoms with van der Waals surface area (Å²) in [6.07, 6.45) is 0.451. The Bertz CT molecular complexity index is 836. The number of aliphatic carboxylic acids is 1. The molecule has 0 bridgehead atoms. The van der Waals surface area contributed by atoms with E-state index in [9.17, 15) is 14.7 Å². The lowest BCUT2D eigenvalue weighted by atomic mass is 9.90. The van der Waals surface area contributed by atoms with Gasteiger partial charge < -0.3 is 19.7 Å². The number of hydrogen-bond acceptors (Lipinski definition) is 4. The van der Waals surface area contributed by atoms with Crippen LogP contribution >= 0.6 is 0 Å². The summed E-state index contributed by atoms with van der Waals surface area (Å²) < 4.78 is 5.75. The predicted octanol–water partition coefficient (Wildman–Crippen LogP) is 3.45. The van der Waals surface area contributed by atoms with E-state index in [0.717, 1.165) is 0 Å². The van der Waals surface area contributed by atoms with Crippen LogP contribution in [-0.2, 0) is 10.2 Å². The minimum absolute atomic E-state index is 0.195. The lowest BCUT2D eigenvalue weighted by Gasteiger charge is -2.20. The van der Waals surface area contributed by atoms with Crippen LogP contribution in [0.4, 0.5) is 10.5 Å². The molecule has 1 aromatic carbocycles. The number of rotatable bonds is 2. The molecule has 0 saturated carbocycles. The number of benzene rings is 1. The number of carboxylic acid groups (broad SMARTS) is 1. The first-order valence-corrected chi connectivity index (χ1v) is 8.29. The molecule has 1 aliphatic heterocycles. The van der Waals surface area contributed by atoms with Gasteiger partial charge in [-0.3, -0.25) is 4.79 Å². The quantitative estimate of drug-likeness (QED) is 0.869. The number of likely N-dealkylation sites (tertiary alicyclic amines) is 1. The topological polar surface area (TPSA) is 95.7 Å². The number of carboxylic acids is 1. The Morgan fingerprint density at radius 3 is 2.68 bits per heavy atom. The molecule has 134 valence electrons. The Balaban J connectivity index is 1.75. The summed E-state index contributed by atoms with van der Waals surface area (Å²) in [5.74, 6) is -0.232. The summed E-state index contributed by atoms with van der Waals surface area (Å²) in [6.45, 7) is 8.36. The number of oxazole rings is 1. The zero-order valence-corrected chi connectivity index (χ0v) is 14.9. The number of fused-ring (bicyclic) bond motifs is 1. The molecule has 25 heavy (non-hydrogen) atoms. The Kier molecular flexibility index (Phi) is 3.97. The van der Waals surface area contributed by atoms with E-state index in [4.69, 9.17) is 4.42 Å². The highest BCUT2D eigenvalue weighted by Gasteiger charge is 2.42. The third-order valence-corrected chi connectivity index (χ3v) is 4.56. The zero-order valence-electron chi connectivity index (χ0n) is 14.9. The highest BCUT2D eigenvalue weighted by Crippen LogP contribution is 2.31. The molecule has 1 aliphatic rings. The summed E-state index contributed by atoms with van der Waals surface area (Å²) >= 11 is 0. The van der Waals surface area contributed by atoms with Crippen molar-refractivity contribution < 1.29 is 19.1 Å². The average Bonchev–Trinajstić information content (AvgIpc) is 3.11. The summed E-state index contributed by atoms with van der Waals surface area (Å²) in [5.41, 5.74) is 0.881. The Labute approximate surface area is 146 Å². The number of nitrogens with zero attached hydrogens (tertiary/aromatic N) is 2. The van der Waals surface area contributed by atoms with Crippen LogP contribution in [0.25, 0.3) is 11.1 Å². The molecule has 2 heterocycles. The monoisotopic (exact) mass is 345 g/mol. The van der Waals surface area contributed by atoms with Gasteiger partial charge in [-0.2, -0.15) is 0 Å². The molecule has 0 radical (unpaired) electrons. The zero-order chi connectivity index (χ0) is 18.4. The van der Waals surface area contributed by atoms with E-state index in [1.807, 2.05) is 20.8 Å². The van der Waals surface area contributed by atoms with Crippen LogP contribution in [-0.4, -0.2) is 40.1 Å². The van der Waals surface area contributed by atoms with Crippen LogP contribution < -0.4 is 5.32 Å². The van der Waals surface area contributed by atoms with Crippen LogP contribution in [0, 0.1) is 5.41 Å². The minimum atomic E-state index is -0.880. The maximum atomic E-state index is 12.4. The summed E-state index contributed by atoms with van der Waals surface area (Å²) in [6, 6.07) is 4.99. The molecule has 2 amide bonds. The number of urea groups is 1. The van der Waals surface area contributed by atoms with Gasteiger partial charge in [0.05, 0.1) is 5.41 Å². The Morgan fingerprint density at radius 2 is 2.08 bits per heavy atom. The van der Waals surface area contributed by atoms with Crippen molar-refractivity contribution in [1.82, 2.24) is 9.88 Å². The van der Waals surface area contributed by atoms with Gasteiger partial charge in [-0.05, 0) is 31.5 Å². The van der Waals surface area contributed by atoms with E-state index < -0.39 is 11.4 Å². The van der Waals surface area contributed by atoms with E-state index in [1.165, 1.54) is 4.90 Å². The number of amides is 2. The fourth-order valence-corrected chi connectivity index (χ4v) is 2.84.